The number of rotatable bonds is 9. The number of hydrogen-bond donors (Lipinski definition) is 2. The fourth-order valence-electron chi connectivity index (χ4n) is 2.13. The summed E-state index contributed by atoms with van der Waals surface area (Å²) in [5.41, 5.74) is -0.198. The Morgan fingerprint density at radius 1 is 1.31 bits per heavy atom. The van der Waals surface area contributed by atoms with E-state index in [1.807, 2.05) is 20.8 Å². The van der Waals surface area contributed by atoms with Crippen LogP contribution in [0.1, 0.15) is 27.2 Å². The van der Waals surface area contributed by atoms with E-state index in [-0.39, 0.29) is 23.0 Å². The average molecular weight is 388 g/mol. The molecule has 0 saturated carbocycles. The van der Waals surface area contributed by atoms with Crippen LogP contribution < -0.4 is 15.4 Å². The lowest BCUT2D eigenvalue weighted by molar-refractivity contribution is 0.214. The molecule has 0 radical (unpaired) electrons. The Hall–Kier alpha value is -1.83. The first-order chi connectivity index (χ1) is 12.0. The number of hydrogen-bond acceptors (Lipinski definition) is 4. The van der Waals surface area contributed by atoms with Crippen molar-refractivity contribution in [1.82, 2.24) is 10.6 Å². The van der Waals surface area contributed by atoms with Gasteiger partial charge in [-0.25, -0.2) is 12.8 Å². The maximum absolute atomic E-state index is 13.6. The summed E-state index contributed by atoms with van der Waals surface area (Å²) >= 11 is 0. The molecule has 0 spiro atoms. The van der Waals surface area contributed by atoms with Crippen molar-refractivity contribution in [3.8, 4) is 5.75 Å². The van der Waals surface area contributed by atoms with Crippen LogP contribution in [-0.2, 0) is 9.84 Å². The van der Waals surface area contributed by atoms with Crippen LogP contribution in [0.15, 0.2) is 29.3 Å². The van der Waals surface area contributed by atoms with Gasteiger partial charge in [-0.3, -0.25) is 4.99 Å². The molecule has 1 aromatic rings. The molecule has 2 N–H and O–H groups in total. The molecule has 0 aliphatic rings. The molecular weight excluding hydrogens is 357 g/mol. The number of halogens is 1. The number of aliphatic imine (C=N–C) groups is 1. The van der Waals surface area contributed by atoms with Crippen molar-refractivity contribution in [3.63, 3.8) is 0 Å². The molecule has 0 bridgehead atoms. The van der Waals surface area contributed by atoms with Gasteiger partial charge in [0.2, 0.25) is 0 Å². The Morgan fingerprint density at radius 3 is 2.54 bits per heavy atom. The van der Waals surface area contributed by atoms with Gasteiger partial charge in [0.05, 0.1) is 12.3 Å². The van der Waals surface area contributed by atoms with Gasteiger partial charge in [0.1, 0.15) is 15.9 Å². The molecule has 0 aliphatic heterocycles. The van der Waals surface area contributed by atoms with Gasteiger partial charge < -0.3 is 15.4 Å². The molecule has 26 heavy (non-hydrogen) atoms. The number of para-hydroxylation sites is 1. The van der Waals surface area contributed by atoms with Crippen LogP contribution in [0.5, 0.6) is 5.75 Å². The molecule has 1 rings (SSSR count). The quantitative estimate of drug-likeness (QED) is 0.502. The van der Waals surface area contributed by atoms with Crippen LogP contribution in [-0.4, -0.2) is 52.6 Å². The monoisotopic (exact) mass is 387 g/mol. The maximum atomic E-state index is 13.6. The van der Waals surface area contributed by atoms with Crippen molar-refractivity contribution in [2.24, 2.45) is 10.4 Å². The molecule has 0 saturated heterocycles. The lowest BCUT2D eigenvalue weighted by Crippen LogP contribution is -2.45. The number of nitrogens with zero attached hydrogens (tertiary/aromatic N) is 1. The van der Waals surface area contributed by atoms with E-state index in [1.165, 1.54) is 12.3 Å². The predicted molar refractivity (Wildman–Crippen MR) is 104 cm³/mol. The molecule has 0 aromatic heterocycles. The van der Waals surface area contributed by atoms with Crippen LogP contribution in [0.4, 0.5) is 4.39 Å². The molecule has 6 nitrogen and oxygen atoms in total. The van der Waals surface area contributed by atoms with E-state index < -0.39 is 15.7 Å². The van der Waals surface area contributed by atoms with Crippen LogP contribution in [0, 0.1) is 11.2 Å². The second-order valence-electron chi connectivity index (χ2n) is 7.21. The summed E-state index contributed by atoms with van der Waals surface area (Å²) in [5.74, 6) is 0.559. The van der Waals surface area contributed by atoms with E-state index in [0.717, 1.165) is 0 Å². The standard InChI is InChI=1S/C18H30FN3O3S/c1-14(25-16-9-7-6-8-15(16)19)12-21-17(20-4)22-13-18(2,3)10-11-26(5,23)24/h6-9,14H,10-13H2,1-5H3,(H2,20,21,22). The zero-order chi connectivity index (χ0) is 19.8. The second-order valence-corrected chi connectivity index (χ2v) is 9.47. The molecule has 0 amide bonds. The molecule has 8 heteroatoms. The molecule has 1 atom stereocenters. The molecule has 0 fully saturated rings. The highest BCUT2D eigenvalue weighted by Crippen LogP contribution is 2.20. The van der Waals surface area contributed by atoms with Gasteiger partial charge in [0, 0.05) is 19.8 Å². The molecule has 0 heterocycles. The summed E-state index contributed by atoms with van der Waals surface area (Å²) in [6.07, 6.45) is 1.54. The Balaban J connectivity index is 2.44. The van der Waals surface area contributed by atoms with Crippen molar-refractivity contribution >= 4 is 15.8 Å². The van der Waals surface area contributed by atoms with Crippen molar-refractivity contribution < 1.29 is 17.5 Å². The topological polar surface area (TPSA) is 79.8 Å². The minimum Gasteiger partial charge on any atom is -0.486 e. The van der Waals surface area contributed by atoms with Crippen molar-refractivity contribution in [2.45, 2.75) is 33.3 Å². The summed E-state index contributed by atoms with van der Waals surface area (Å²) in [4.78, 5) is 4.14. The van der Waals surface area contributed by atoms with Gasteiger partial charge in [-0.2, -0.15) is 0 Å². The maximum Gasteiger partial charge on any atom is 0.191 e. The summed E-state index contributed by atoms with van der Waals surface area (Å²) in [7, 11) is -1.32. The zero-order valence-corrected chi connectivity index (χ0v) is 17.0. The van der Waals surface area contributed by atoms with Crippen molar-refractivity contribution in [3.05, 3.63) is 30.1 Å². The fraction of sp³-hybridized carbons (Fsp3) is 0.611. The number of guanidine groups is 1. The molecular formula is C18H30FN3O3S. The van der Waals surface area contributed by atoms with E-state index in [2.05, 4.69) is 15.6 Å². The van der Waals surface area contributed by atoms with E-state index in [9.17, 15) is 12.8 Å². The second kappa shape index (κ2) is 9.75. The summed E-state index contributed by atoms with van der Waals surface area (Å²) in [6.45, 7) is 6.86. The number of benzene rings is 1. The smallest absolute Gasteiger partial charge is 0.191 e. The van der Waals surface area contributed by atoms with Crippen LogP contribution in [0.25, 0.3) is 0 Å². The molecule has 1 unspecified atom stereocenters. The van der Waals surface area contributed by atoms with Crippen LogP contribution in [0.3, 0.4) is 0 Å². The molecule has 148 valence electrons. The summed E-state index contributed by atoms with van der Waals surface area (Å²) in [5, 5.41) is 6.32. The summed E-state index contributed by atoms with van der Waals surface area (Å²) < 4.78 is 41.8. The Labute approximate surface area is 156 Å². The lowest BCUT2D eigenvalue weighted by Gasteiger charge is -2.26. The van der Waals surface area contributed by atoms with Gasteiger partial charge in [-0.1, -0.05) is 26.0 Å². The normalized spacial score (nSPS) is 14.0. The number of sulfone groups is 1. The van der Waals surface area contributed by atoms with Gasteiger partial charge >= 0.3 is 0 Å². The third-order valence-electron chi connectivity index (χ3n) is 3.83. The van der Waals surface area contributed by atoms with Gasteiger partial charge in [0.15, 0.2) is 17.5 Å². The van der Waals surface area contributed by atoms with Crippen molar-refractivity contribution in [2.75, 3.05) is 32.1 Å². The van der Waals surface area contributed by atoms with Crippen molar-refractivity contribution in [1.29, 1.82) is 0 Å². The minimum absolute atomic E-state index is 0.154. The van der Waals surface area contributed by atoms with Gasteiger partial charge in [-0.05, 0) is 30.9 Å². The fourth-order valence-corrected chi connectivity index (χ4v) is 3.06. The highest BCUT2D eigenvalue weighted by atomic mass is 32.2. The van der Waals surface area contributed by atoms with E-state index in [0.29, 0.717) is 25.5 Å². The third-order valence-corrected chi connectivity index (χ3v) is 4.78. The average Bonchev–Trinajstić information content (AvgIpc) is 2.55. The van der Waals surface area contributed by atoms with E-state index in [4.69, 9.17) is 4.74 Å². The van der Waals surface area contributed by atoms with Crippen LogP contribution in [0.2, 0.25) is 0 Å². The lowest BCUT2D eigenvalue weighted by atomic mass is 9.90. The molecule has 0 aliphatic carbocycles. The zero-order valence-electron chi connectivity index (χ0n) is 16.2. The van der Waals surface area contributed by atoms with Gasteiger partial charge in [0.25, 0.3) is 0 Å². The minimum atomic E-state index is -2.98. The SMILES string of the molecule is CN=C(NCC(C)Oc1ccccc1F)NCC(C)(C)CCS(C)(=O)=O. The van der Waals surface area contributed by atoms with Gasteiger partial charge in [-0.15, -0.1) is 0 Å². The van der Waals surface area contributed by atoms with E-state index in [1.54, 1.807) is 25.2 Å². The Morgan fingerprint density at radius 2 is 1.96 bits per heavy atom. The Bertz CT molecular complexity index is 705. The molecule has 1 aromatic carbocycles. The number of nitrogens with one attached hydrogen (secondary N) is 2. The predicted octanol–water partition coefficient (Wildman–Crippen LogP) is 2.22. The van der Waals surface area contributed by atoms with Crippen LogP contribution >= 0.6 is 0 Å². The first kappa shape index (κ1) is 22.2. The van der Waals surface area contributed by atoms with E-state index >= 15 is 0 Å². The first-order valence-corrected chi connectivity index (χ1v) is 10.6. The summed E-state index contributed by atoms with van der Waals surface area (Å²) in [6, 6.07) is 6.28. The number of ether oxygens (including phenoxy) is 1. The highest BCUT2D eigenvalue weighted by Gasteiger charge is 2.20. The third kappa shape index (κ3) is 9.03. The highest BCUT2D eigenvalue weighted by molar-refractivity contribution is 7.90. The first-order valence-electron chi connectivity index (χ1n) is 8.56. The largest absolute Gasteiger partial charge is 0.486 e. The Kier molecular flexibility index (Phi) is 8.33.